The number of ether oxygens (including phenoxy) is 5. The van der Waals surface area contributed by atoms with Gasteiger partial charge in [-0.2, -0.15) is 0 Å². The standard InChI is InChI=1S/C24H35N5O11/c1-11-18(38-13(3)31)19(39-14(4)32)20(40-15(5)33)22(37-11)29-10-16(27-28-29)9-17(25-12(2)30)21(34)26-24(6,7)23(35)36-8/h10-11,17-20,22H,9H2,1-8H3,(H,25,30)(H,26,34)/t11-,17-,18+,19+,20-,22-/m0/s1. The van der Waals surface area contributed by atoms with Crippen molar-refractivity contribution in [2.75, 3.05) is 7.11 Å². The first-order valence-corrected chi connectivity index (χ1v) is 12.3. The van der Waals surface area contributed by atoms with E-state index in [2.05, 4.69) is 20.9 Å². The van der Waals surface area contributed by atoms with Crippen LogP contribution in [0.15, 0.2) is 6.20 Å². The summed E-state index contributed by atoms with van der Waals surface area (Å²) in [6.45, 7) is 9.13. The van der Waals surface area contributed by atoms with E-state index in [0.717, 1.165) is 13.8 Å². The fourth-order valence-corrected chi connectivity index (χ4v) is 4.10. The first kappa shape index (κ1) is 32.1. The molecule has 0 unspecified atom stereocenters. The smallest absolute Gasteiger partial charge is 0.330 e. The molecule has 16 heteroatoms. The maximum atomic E-state index is 13.0. The molecule has 6 atom stereocenters. The predicted octanol–water partition coefficient (Wildman–Crippen LogP) is -0.894. The van der Waals surface area contributed by atoms with Crippen LogP contribution < -0.4 is 10.6 Å². The van der Waals surface area contributed by atoms with Crippen molar-refractivity contribution >= 4 is 35.7 Å². The molecular weight excluding hydrogens is 534 g/mol. The van der Waals surface area contributed by atoms with Crippen molar-refractivity contribution in [3.05, 3.63) is 11.9 Å². The van der Waals surface area contributed by atoms with Crippen molar-refractivity contribution in [2.24, 2.45) is 0 Å². The number of esters is 4. The van der Waals surface area contributed by atoms with Crippen molar-refractivity contribution in [1.82, 2.24) is 25.6 Å². The topological polar surface area (TPSA) is 203 Å². The summed E-state index contributed by atoms with van der Waals surface area (Å²) >= 11 is 0. The Bertz CT molecular complexity index is 1130. The first-order valence-electron chi connectivity index (χ1n) is 12.3. The summed E-state index contributed by atoms with van der Waals surface area (Å²) in [4.78, 5) is 72.3. The summed E-state index contributed by atoms with van der Waals surface area (Å²) in [5, 5.41) is 13.1. The average molecular weight is 570 g/mol. The molecule has 2 amide bonds. The zero-order valence-corrected chi connectivity index (χ0v) is 23.6. The Labute approximate surface area is 230 Å². The van der Waals surface area contributed by atoms with Crippen LogP contribution in [0.25, 0.3) is 0 Å². The van der Waals surface area contributed by atoms with E-state index in [0.29, 0.717) is 0 Å². The Hall–Kier alpha value is -4.08. The molecule has 0 radical (unpaired) electrons. The van der Waals surface area contributed by atoms with Crippen LogP contribution in [-0.2, 0) is 58.9 Å². The Morgan fingerprint density at radius 1 is 0.975 bits per heavy atom. The molecule has 2 N–H and O–H groups in total. The highest BCUT2D eigenvalue weighted by Crippen LogP contribution is 2.34. The summed E-state index contributed by atoms with van der Waals surface area (Å²) in [6, 6.07) is -1.15. The van der Waals surface area contributed by atoms with E-state index in [-0.39, 0.29) is 12.1 Å². The number of amides is 2. The second kappa shape index (κ2) is 13.3. The minimum Gasteiger partial charge on any atom is -0.467 e. The number of nitrogens with zero attached hydrogens (tertiary/aromatic N) is 3. The zero-order chi connectivity index (χ0) is 30.4. The van der Waals surface area contributed by atoms with E-state index in [1.807, 2.05) is 0 Å². The molecule has 0 saturated carbocycles. The molecule has 16 nitrogen and oxygen atoms in total. The summed E-state index contributed by atoms with van der Waals surface area (Å²) in [5.41, 5.74) is -1.16. The minimum absolute atomic E-state index is 0.146. The lowest BCUT2D eigenvalue weighted by atomic mass is 9.98. The largest absolute Gasteiger partial charge is 0.467 e. The maximum absolute atomic E-state index is 13.0. The molecule has 40 heavy (non-hydrogen) atoms. The highest BCUT2D eigenvalue weighted by molar-refractivity contribution is 5.92. The predicted molar refractivity (Wildman–Crippen MR) is 132 cm³/mol. The SMILES string of the molecule is COC(=O)C(C)(C)NC(=O)[C@H](Cc1cn([C@H]2O[C@@H](C)[C@@H](OC(C)=O)[C@@H](OC(C)=O)[C@@H]2OC(C)=O)nn1)NC(C)=O. The average Bonchev–Trinajstić information content (AvgIpc) is 3.28. The Kier molecular flexibility index (Phi) is 10.7. The molecular formula is C24H35N5O11. The number of hydrogen-bond donors (Lipinski definition) is 2. The lowest BCUT2D eigenvalue weighted by Crippen LogP contribution is -2.58. The molecule has 1 aliphatic rings. The number of aromatic nitrogens is 3. The zero-order valence-electron chi connectivity index (χ0n) is 23.6. The van der Waals surface area contributed by atoms with E-state index in [4.69, 9.17) is 23.7 Å². The van der Waals surface area contributed by atoms with E-state index >= 15 is 0 Å². The van der Waals surface area contributed by atoms with Gasteiger partial charge in [-0.15, -0.1) is 5.10 Å². The number of nitrogens with one attached hydrogen (secondary N) is 2. The van der Waals surface area contributed by atoms with Gasteiger partial charge in [-0.25, -0.2) is 9.48 Å². The van der Waals surface area contributed by atoms with Gasteiger partial charge in [-0.3, -0.25) is 24.0 Å². The van der Waals surface area contributed by atoms with Crippen molar-refractivity contribution in [3.63, 3.8) is 0 Å². The molecule has 0 aromatic carbocycles. The molecule has 222 valence electrons. The van der Waals surface area contributed by atoms with Crippen molar-refractivity contribution < 1.29 is 52.5 Å². The maximum Gasteiger partial charge on any atom is 0.330 e. The second-order valence-electron chi connectivity index (χ2n) is 9.71. The van der Waals surface area contributed by atoms with E-state index in [1.54, 1.807) is 6.92 Å². The molecule has 0 aliphatic carbocycles. The molecule has 2 rings (SSSR count). The highest BCUT2D eigenvalue weighted by atomic mass is 16.7. The van der Waals surface area contributed by atoms with E-state index in [1.165, 1.54) is 45.7 Å². The first-order chi connectivity index (χ1) is 18.5. The van der Waals surface area contributed by atoms with Gasteiger partial charge in [0.15, 0.2) is 24.5 Å². The van der Waals surface area contributed by atoms with E-state index in [9.17, 15) is 28.8 Å². The van der Waals surface area contributed by atoms with E-state index < -0.39 is 77.9 Å². The van der Waals surface area contributed by atoms with Crippen molar-refractivity contribution in [2.45, 2.75) is 97.1 Å². The summed E-state index contributed by atoms with van der Waals surface area (Å²) in [5.74, 6) is -4.00. The number of hydrogen-bond acceptors (Lipinski definition) is 13. The van der Waals surface area contributed by atoms with Gasteiger partial charge in [-0.1, -0.05) is 5.21 Å². The van der Waals surface area contributed by atoms with Crippen LogP contribution in [0.1, 0.15) is 60.4 Å². The van der Waals surface area contributed by atoms with Gasteiger partial charge in [0, 0.05) is 34.1 Å². The number of carbonyl (C=O) groups is 6. The van der Waals surface area contributed by atoms with Gasteiger partial charge >= 0.3 is 23.9 Å². The lowest BCUT2D eigenvalue weighted by molar-refractivity contribution is -0.261. The van der Waals surface area contributed by atoms with Crippen LogP contribution in [0.3, 0.4) is 0 Å². The van der Waals surface area contributed by atoms with Crippen LogP contribution in [0.2, 0.25) is 0 Å². The van der Waals surface area contributed by atoms with Crippen LogP contribution >= 0.6 is 0 Å². The monoisotopic (exact) mass is 569 g/mol. The van der Waals surface area contributed by atoms with Crippen molar-refractivity contribution in [1.29, 1.82) is 0 Å². The molecule has 1 aliphatic heterocycles. The van der Waals surface area contributed by atoms with Crippen molar-refractivity contribution in [3.8, 4) is 0 Å². The molecule has 0 spiro atoms. The fourth-order valence-electron chi connectivity index (χ4n) is 4.10. The molecule has 0 bridgehead atoms. The fraction of sp³-hybridized carbons (Fsp3) is 0.667. The number of methoxy groups -OCH3 is 1. The van der Waals surface area contributed by atoms with Gasteiger partial charge < -0.3 is 34.3 Å². The van der Waals surface area contributed by atoms with Crippen LogP contribution in [0, 0.1) is 0 Å². The summed E-state index contributed by atoms with van der Waals surface area (Å²) < 4.78 is 28.0. The Balaban J connectivity index is 2.38. The number of carbonyl (C=O) groups excluding carboxylic acids is 6. The molecule has 1 fully saturated rings. The molecule has 1 saturated heterocycles. The third kappa shape index (κ3) is 8.46. The lowest BCUT2D eigenvalue weighted by Gasteiger charge is -2.43. The van der Waals surface area contributed by atoms with Crippen LogP contribution in [0.5, 0.6) is 0 Å². The Morgan fingerprint density at radius 3 is 2.05 bits per heavy atom. The van der Waals surface area contributed by atoms with Gasteiger partial charge in [0.2, 0.25) is 11.8 Å². The third-order valence-corrected chi connectivity index (χ3v) is 5.71. The number of rotatable bonds is 10. The summed E-state index contributed by atoms with van der Waals surface area (Å²) in [7, 11) is 1.18. The van der Waals surface area contributed by atoms with Crippen LogP contribution in [0.4, 0.5) is 0 Å². The van der Waals surface area contributed by atoms with Gasteiger partial charge in [0.05, 0.1) is 25.1 Å². The third-order valence-electron chi connectivity index (χ3n) is 5.71. The van der Waals surface area contributed by atoms with Gasteiger partial charge in [0.25, 0.3) is 0 Å². The molecule has 1 aromatic rings. The quantitative estimate of drug-likeness (QED) is 0.259. The highest BCUT2D eigenvalue weighted by Gasteiger charge is 2.51. The molecule has 2 heterocycles. The van der Waals surface area contributed by atoms with Gasteiger partial charge in [-0.05, 0) is 20.8 Å². The summed E-state index contributed by atoms with van der Waals surface area (Å²) in [6.07, 6.45) is -4.42. The second-order valence-corrected chi connectivity index (χ2v) is 9.71. The molecule has 1 aromatic heterocycles. The van der Waals surface area contributed by atoms with Gasteiger partial charge in [0.1, 0.15) is 11.6 Å². The van der Waals surface area contributed by atoms with Crippen LogP contribution in [-0.4, -0.2) is 93.8 Å². The Morgan fingerprint density at radius 2 is 1.52 bits per heavy atom. The minimum atomic E-state index is -1.38. The normalized spacial score (nSPS) is 23.2.